The average molecular weight is 432 g/mol. The second-order valence-electron chi connectivity index (χ2n) is 7.52. The fourth-order valence-electron chi connectivity index (χ4n) is 3.58. The molecule has 1 fully saturated rings. The van der Waals surface area contributed by atoms with Gasteiger partial charge in [-0.3, -0.25) is 19.8 Å². The molecule has 0 radical (unpaired) electrons. The van der Waals surface area contributed by atoms with E-state index in [0.29, 0.717) is 12.3 Å². The molecule has 3 aromatic rings. The van der Waals surface area contributed by atoms with Crippen LogP contribution >= 0.6 is 0 Å². The third-order valence-corrected chi connectivity index (χ3v) is 5.28. The fraction of sp³-hybridized carbons (Fsp3) is 0.208. The summed E-state index contributed by atoms with van der Waals surface area (Å²) in [5, 5.41) is 13.7. The Morgan fingerprint density at radius 1 is 0.875 bits per heavy atom. The number of nitro groups is 1. The van der Waals surface area contributed by atoms with Crippen molar-refractivity contribution < 1.29 is 14.5 Å². The maximum absolute atomic E-state index is 12.4. The van der Waals surface area contributed by atoms with Gasteiger partial charge in [0.1, 0.15) is 11.5 Å². The zero-order valence-corrected chi connectivity index (χ0v) is 17.5. The largest absolute Gasteiger partial charge is 0.457 e. The molecule has 4 rings (SSSR count). The lowest BCUT2D eigenvalue weighted by Crippen LogP contribution is -2.48. The molecule has 0 spiro atoms. The molecule has 1 aliphatic rings. The molecule has 1 saturated heterocycles. The lowest BCUT2D eigenvalue weighted by Gasteiger charge is -2.35. The first-order chi connectivity index (χ1) is 15.6. The van der Waals surface area contributed by atoms with E-state index < -0.39 is 4.92 Å². The van der Waals surface area contributed by atoms with Gasteiger partial charge in [0.05, 0.1) is 11.5 Å². The van der Waals surface area contributed by atoms with E-state index in [2.05, 4.69) is 15.1 Å². The highest BCUT2D eigenvalue weighted by atomic mass is 16.6. The molecule has 1 heterocycles. The number of amides is 1. The van der Waals surface area contributed by atoms with Crippen molar-refractivity contribution in [3.8, 4) is 11.5 Å². The van der Waals surface area contributed by atoms with Crippen LogP contribution in [0.15, 0.2) is 78.9 Å². The number of rotatable bonds is 7. The van der Waals surface area contributed by atoms with Crippen molar-refractivity contribution in [2.75, 3.05) is 42.9 Å². The molecule has 0 saturated carbocycles. The first-order valence-corrected chi connectivity index (χ1v) is 10.4. The Balaban J connectivity index is 1.23. The number of anilines is 2. The Bertz CT molecular complexity index is 1050. The second kappa shape index (κ2) is 9.93. The van der Waals surface area contributed by atoms with Crippen molar-refractivity contribution in [1.82, 2.24) is 4.90 Å². The van der Waals surface area contributed by atoms with E-state index in [4.69, 9.17) is 4.74 Å². The number of benzene rings is 3. The molecule has 1 amide bonds. The monoisotopic (exact) mass is 432 g/mol. The van der Waals surface area contributed by atoms with E-state index in [0.717, 1.165) is 43.3 Å². The smallest absolute Gasteiger partial charge is 0.269 e. The predicted octanol–water partition coefficient (Wildman–Crippen LogP) is 4.15. The first kappa shape index (κ1) is 21.3. The third-order valence-electron chi connectivity index (χ3n) is 5.28. The molecule has 0 bridgehead atoms. The molecule has 3 aromatic carbocycles. The number of nitrogens with one attached hydrogen (secondary N) is 1. The number of carbonyl (C=O) groups excluding carboxylic acids is 1. The molecule has 0 unspecified atom stereocenters. The van der Waals surface area contributed by atoms with Crippen LogP contribution in [0.5, 0.6) is 11.5 Å². The predicted molar refractivity (Wildman–Crippen MR) is 123 cm³/mol. The van der Waals surface area contributed by atoms with E-state index in [1.807, 2.05) is 54.6 Å². The zero-order valence-electron chi connectivity index (χ0n) is 17.5. The van der Waals surface area contributed by atoms with Crippen molar-refractivity contribution in [2.24, 2.45) is 0 Å². The van der Waals surface area contributed by atoms with Crippen LogP contribution < -0.4 is 15.0 Å². The summed E-state index contributed by atoms with van der Waals surface area (Å²) in [6, 6.07) is 23.4. The second-order valence-corrected chi connectivity index (χ2v) is 7.52. The van der Waals surface area contributed by atoms with E-state index >= 15 is 0 Å². The quantitative estimate of drug-likeness (QED) is 0.446. The number of non-ortho nitro benzene ring substituents is 1. The summed E-state index contributed by atoms with van der Waals surface area (Å²) < 4.78 is 5.77. The number of nitrogens with zero attached hydrogens (tertiary/aromatic N) is 3. The van der Waals surface area contributed by atoms with Gasteiger partial charge in [0, 0.05) is 49.7 Å². The van der Waals surface area contributed by atoms with Crippen molar-refractivity contribution >= 4 is 23.0 Å². The lowest BCUT2D eigenvalue weighted by molar-refractivity contribution is -0.384. The Morgan fingerprint density at radius 2 is 1.50 bits per heavy atom. The van der Waals surface area contributed by atoms with Crippen LogP contribution in [0, 0.1) is 10.1 Å². The van der Waals surface area contributed by atoms with Gasteiger partial charge in [-0.15, -0.1) is 0 Å². The van der Waals surface area contributed by atoms with Gasteiger partial charge in [0.2, 0.25) is 5.91 Å². The molecular formula is C24H24N4O4. The summed E-state index contributed by atoms with van der Waals surface area (Å²) in [4.78, 5) is 27.1. The number of hydrogen-bond acceptors (Lipinski definition) is 6. The van der Waals surface area contributed by atoms with Gasteiger partial charge in [0.25, 0.3) is 5.69 Å². The summed E-state index contributed by atoms with van der Waals surface area (Å²) in [5.41, 5.74) is 1.76. The number of piperazine rings is 1. The zero-order chi connectivity index (χ0) is 22.3. The molecule has 1 aliphatic heterocycles. The molecule has 8 nitrogen and oxygen atoms in total. The van der Waals surface area contributed by atoms with Gasteiger partial charge in [-0.05, 0) is 48.5 Å². The lowest BCUT2D eigenvalue weighted by atomic mass is 10.2. The summed E-state index contributed by atoms with van der Waals surface area (Å²) >= 11 is 0. The van der Waals surface area contributed by atoms with E-state index in [1.54, 1.807) is 12.1 Å². The van der Waals surface area contributed by atoms with Crippen LogP contribution in [0.3, 0.4) is 0 Å². The molecule has 0 atom stereocenters. The molecule has 32 heavy (non-hydrogen) atoms. The van der Waals surface area contributed by atoms with Gasteiger partial charge in [-0.2, -0.15) is 0 Å². The highest BCUT2D eigenvalue weighted by molar-refractivity contribution is 5.92. The van der Waals surface area contributed by atoms with Crippen LogP contribution in [-0.4, -0.2) is 48.5 Å². The van der Waals surface area contributed by atoms with Crippen molar-refractivity contribution in [3.63, 3.8) is 0 Å². The number of para-hydroxylation sites is 1. The number of carbonyl (C=O) groups is 1. The van der Waals surface area contributed by atoms with Crippen molar-refractivity contribution in [1.29, 1.82) is 0 Å². The number of hydrogen-bond donors (Lipinski definition) is 1. The van der Waals surface area contributed by atoms with Gasteiger partial charge in [0.15, 0.2) is 0 Å². The van der Waals surface area contributed by atoms with Crippen LogP contribution in [0.4, 0.5) is 17.1 Å². The Morgan fingerprint density at radius 3 is 2.12 bits per heavy atom. The molecule has 0 aliphatic carbocycles. The highest BCUT2D eigenvalue weighted by Crippen LogP contribution is 2.23. The number of ether oxygens (including phenoxy) is 1. The maximum atomic E-state index is 12.4. The third kappa shape index (κ3) is 5.61. The fourth-order valence-corrected chi connectivity index (χ4v) is 3.58. The van der Waals surface area contributed by atoms with Crippen molar-refractivity contribution in [3.05, 3.63) is 89.0 Å². The molecule has 0 aromatic heterocycles. The molecule has 8 heteroatoms. The minimum Gasteiger partial charge on any atom is -0.457 e. The molecule has 1 N–H and O–H groups in total. The topological polar surface area (TPSA) is 88.0 Å². The van der Waals surface area contributed by atoms with Gasteiger partial charge in [-0.25, -0.2) is 0 Å². The highest BCUT2D eigenvalue weighted by Gasteiger charge is 2.20. The summed E-state index contributed by atoms with van der Waals surface area (Å²) in [6.45, 7) is 3.33. The average Bonchev–Trinajstić information content (AvgIpc) is 2.81. The Hall–Kier alpha value is -3.91. The Labute approximate surface area is 186 Å². The van der Waals surface area contributed by atoms with E-state index in [9.17, 15) is 14.9 Å². The normalized spacial score (nSPS) is 14.1. The van der Waals surface area contributed by atoms with Gasteiger partial charge < -0.3 is 15.0 Å². The van der Waals surface area contributed by atoms with Crippen LogP contribution in [0.2, 0.25) is 0 Å². The van der Waals surface area contributed by atoms with Gasteiger partial charge in [-0.1, -0.05) is 18.2 Å². The SMILES string of the molecule is O=C(CN1CCN(c2ccc([N+](=O)[O-])cc2)CC1)Nc1ccc(Oc2ccccc2)cc1. The van der Waals surface area contributed by atoms with Crippen LogP contribution in [-0.2, 0) is 4.79 Å². The number of nitro benzene ring substituents is 1. The van der Waals surface area contributed by atoms with Crippen LogP contribution in [0.25, 0.3) is 0 Å². The summed E-state index contributed by atoms with van der Waals surface area (Å²) in [5.74, 6) is 1.40. The minimum atomic E-state index is -0.399. The van der Waals surface area contributed by atoms with Crippen molar-refractivity contribution in [2.45, 2.75) is 0 Å². The summed E-state index contributed by atoms with van der Waals surface area (Å²) in [7, 11) is 0. The standard InChI is InChI=1S/C24H24N4O4/c29-24(25-19-6-12-23(13-7-19)32-22-4-2-1-3-5-22)18-26-14-16-27(17-15-26)20-8-10-21(11-9-20)28(30)31/h1-13H,14-18H2,(H,25,29). The minimum absolute atomic E-state index is 0.0643. The van der Waals surface area contributed by atoms with Gasteiger partial charge >= 0.3 is 0 Å². The molecular weight excluding hydrogens is 408 g/mol. The summed E-state index contributed by atoms with van der Waals surface area (Å²) in [6.07, 6.45) is 0. The van der Waals surface area contributed by atoms with Crippen LogP contribution in [0.1, 0.15) is 0 Å². The maximum Gasteiger partial charge on any atom is 0.269 e. The molecule has 164 valence electrons. The Kier molecular flexibility index (Phi) is 6.62. The first-order valence-electron chi connectivity index (χ1n) is 10.4. The van der Waals surface area contributed by atoms with E-state index in [1.165, 1.54) is 12.1 Å². The van der Waals surface area contributed by atoms with E-state index in [-0.39, 0.29) is 11.6 Å².